The minimum Gasteiger partial charge on any atom is -0.466 e. The van der Waals surface area contributed by atoms with Gasteiger partial charge in [0.25, 0.3) is 0 Å². The normalized spacial score (nSPS) is 15.7. The first-order chi connectivity index (χ1) is 10.6. The Morgan fingerprint density at radius 2 is 1.95 bits per heavy atom. The Kier molecular flexibility index (Phi) is 6.00. The molecule has 1 aromatic carbocycles. The van der Waals surface area contributed by atoms with Crippen molar-refractivity contribution in [2.45, 2.75) is 44.4 Å². The lowest BCUT2D eigenvalue weighted by Gasteiger charge is -2.40. The summed E-state index contributed by atoms with van der Waals surface area (Å²) in [5.41, 5.74) is 0.690. The summed E-state index contributed by atoms with van der Waals surface area (Å²) in [6.07, 6.45) is 3.81. The fourth-order valence-electron chi connectivity index (χ4n) is 2.78. The van der Waals surface area contributed by atoms with Crippen molar-refractivity contribution in [1.29, 1.82) is 0 Å². The number of hydrogen-bond donors (Lipinski definition) is 1. The van der Waals surface area contributed by atoms with Crippen molar-refractivity contribution in [2.75, 3.05) is 13.2 Å². The highest BCUT2D eigenvalue weighted by molar-refractivity contribution is 9.10. The molecule has 0 radical (unpaired) electrons. The molecule has 0 atom stereocenters. The summed E-state index contributed by atoms with van der Waals surface area (Å²) in [6.45, 7) is 2.70. The van der Waals surface area contributed by atoms with E-state index in [4.69, 9.17) is 4.74 Å². The minimum atomic E-state index is -0.384. The Balaban J connectivity index is 1.87. The molecule has 1 aliphatic rings. The van der Waals surface area contributed by atoms with Gasteiger partial charge in [-0.1, -0.05) is 34.5 Å². The molecule has 1 amide bonds. The summed E-state index contributed by atoms with van der Waals surface area (Å²) in [5.74, 6) is -0.132. The van der Waals surface area contributed by atoms with E-state index < -0.39 is 0 Å². The van der Waals surface area contributed by atoms with Gasteiger partial charge in [0, 0.05) is 17.4 Å². The first-order valence-corrected chi connectivity index (χ1v) is 8.58. The maximum atomic E-state index is 12.6. The molecule has 2 rings (SSSR count). The van der Waals surface area contributed by atoms with E-state index in [2.05, 4.69) is 21.2 Å². The first kappa shape index (κ1) is 17.0. The van der Waals surface area contributed by atoms with E-state index in [9.17, 15) is 9.59 Å². The summed E-state index contributed by atoms with van der Waals surface area (Å²) >= 11 is 3.42. The first-order valence-electron chi connectivity index (χ1n) is 7.78. The fraction of sp³-hybridized carbons (Fsp3) is 0.529. The zero-order valence-corrected chi connectivity index (χ0v) is 14.4. The number of rotatable bonds is 7. The number of carbonyl (C=O) groups excluding carboxylic acids is 2. The van der Waals surface area contributed by atoms with E-state index in [-0.39, 0.29) is 17.3 Å². The molecule has 4 nitrogen and oxygen atoms in total. The summed E-state index contributed by atoms with van der Waals surface area (Å²) in [4.78, 5) is 23.8. The maximum absolute atomic E-state index is 12.6. The van der Waals surface area contributed by atoms with Gasteiger partial charge in [0.1, 0.15) is 0 Å². The van der Waals surface area contributed by atoms with Crippen LogP contribution in [0.25, 0.3) is 0 Å². The second-order valence-corrected chi connectivity index (χ2v) is 6.52. The number of amides is 1. The molecule has 120 valence electrons. The molecular weight excluding hydrogens is 346 g/mol. The number of hydrogen-bond acceptors (Lipinski definition) is 3. The number of benzene rings is 1. The zero-order valence-electron chi connectivity index (χ0n) is 12.9. The van der Waals surface area contributed by atoms with E-state index in [1.165, 1.54) is 0 Å². The van der Waals surface area contributed by atoms with Gasteiger partial charge in [0.15, 0.2) is 0 Å². The van der Waals surface area contributed by atoms with E-state index in [0.717, 1.165) is 29.3 Å². The topological polar surface area (TPSA) is 55.4 Å². The van der Waals surface area contributed by atoms with Gasteiger partial charge < -0.3 is 10.1 Å². The molecule has 1 fully saturated rings. The SMILES string of the molecule is CCOC(=O)CCCNC(=O)C1(c2ccc(Br)cc2)CCC1. The third-order valence-corrected chi connectivity index (χ3v) is 4.72. The third-order valence-electron chi connectivity index (χ3n) is 4.19. The fourth-order valence-corrected chi connectivity index (χ4v) is 3.05. The molecule has 0 bridgehead atoms. The van der Waals surface area contributed by atoms with Crippen LogP contribution in [0.5, 0.6) is 0 Å². The van der Waals surface area contributed by atoms with E-state index >= 15 is 0 Å². The number of carbonyl (C=O) groups is 2. The number of ether oxygens (including phenoxy) is 1. The van der Waals surface area contributed by atoms with Crippen molar-refractivity contribution in [2.24, 2.45) is 0 Å². The molecule has 0 aliphatic heterocycles. The molecule has 0 spiro atoms. The molecule has 22 heavy (non-hydrogen) atoms. The molecular formula is C17H22BrNO3. The quantitative estimate of drug-likeness (QED) is 0.593. The van der Waals surface area contributed by atoms with Crippen LogP contribution < -0.4 is 5.32 Å². The van der Waals surface area contributed by atoms with Crippen molar-refractivity contribution in [1.82, 2.24) is 5.32 Å². The van der Waals surface area contributed by atoms with Gasteiger partial charge in [-0.2, -0.15) is 0 Å². The molecule has 0 unspecified atom stereocenters. The van der Waals surface area contributed by atoms with Gasteiger partial charge >= 0.3 is 5.97 Å². The minimum absolute atomic E-state index is 0.0740. The standard InChI is InChI=1S/C17H22BrNO3/c1-2-22-15(20)5-3-12-19-16(21)17(10-4-11-17)13-6-8-14(18)9-7-13/h6-9H,2-5,10-12H2,1H3,(H,19,21). The third kappa shape index (κ3) is 3.88. The van der Waals surface area contributed by atoms with E-state index in [1.54, 1.807) is 6.92 Å². The van der Waals surface area contributed by atoms with Gasteiger partial charge in [-0.3, -0.25) is 9.59 Å². The number of nitrogens with one attached hydrogen (secondary N) is 1. The molecule has 1 N–H and O–H groups in total. The van der Waals surface area contributed by atoms with Crippen molar-refractivity contribution >= 4 is 27.8 Å². The van der Waals surface area contributed by atoms with Crippen LogP contribution in [-0.4, -0.2) is 25.0 Å². The molecule has 0 heterocycles. The van der Waals surface area contributed by atoms with Crippen LogP contribution in [0.3, 0.4) is 0 Å². The molecule has 5 heteroatoms. The lowest BCUT2D eigenvalue weighted by atomic mass is 9.64. The summed E-state index contributed by atoms with van der Waals surface area (Å²) in [6, 6.07) is 7.98. The molecule has 1 aromatic rings. The Morgan fingerprint density at radius 3 is 2.50 bits per heavy atom. The molecule has 0 saturated heterocycles. The lowest BCUT2D eigenvalue weighted by Crippen LogP contribution is -2.49. The number of esters is 1. The van der Waals surface area contributed by atoms with Crippen LogP contribution in [0.4, 0.5) is 0 Å². The average Bonchev–Trinajstić information content (AvgIpc) is 2.45. The molecule has 0 aromatic heterocycles. The highest BCUT2D eigenvalue weighted by atomic mass is 79.9. The van der Waals surface area contributed by atoms with Gasteiger partial charge in [-0.15, -0.1) is 0 Å². The zero-order chi connectivity index (χ0) is 16.0. The predicted octanol–water partition coefficient (Wildman–Crippen LogP) is 3.33. The van der Waals surface area contributed by atoms with Crippen molar-refractivity contribution < 1.29 is 14.3 Å². The van der Waals surface area contributed by atoms with Crippen molar-refractivity contribution in [3.05, 3.63) is 34.3 Å². The van der Waals surface area contributed by atoms with E-state index in [1.807, 2.05) is 24.3 Å². The highest BCUT2D eigenvalue weighted by Crippen LogP contribution is 2.44. The van der Waals surface area contributed by atoms with Crippen molar-refractivity contribution in [3.8, 4) is 0 Å². The Morgan fingerprint density at radius 1 is 1.27 bits per heavy atom. The monoisotopic (exact) mass is 367 g/mol. The Bertz CT molecular complexity index is 523. The maximum Gasteiger partial charge on any atom is 0.305 e. The summed E-state index contributed by atoms with van der Waals surface area (Å²) < 4.78 is 5.89. The van der Waals surface area contributed by atoms with Crippen LogP contribution >= 0.6 is 15.9 Å². The van der Waals surface area contributed by atoms with Gasteiger partial charge in [0.2, 0.25) is 5.91 Å². The van der Waals surface area contributed by atoms with Gasteiger partial charge in [-0.05, 0) is 43.9 Å². The molecule has 1 saturated carbocycles. The second kappa shape index (κ2) is 7.77. The molecule has 1 aliphatic carbocycles. The van der Waals surface area contributed by atoms with E-state index in [0.29, 0.717) is 26.0 Å². The van der Waals surface area contributed by atoms with Crippen LogP contribution in [0.1, 0.15) is 44.6 Å². The summed E-state index contributed by atoms with van der Waals surface area (Å²) in [7, 11) is 0. The predicted molar refractivity (Wildman–Crippen MR) is 88.5 cm³/mol. The lowest BCUT2D eigenvalue weighted by molar-refractivity contribution is -0.143. The van der Waals surface area contributed by atoms with Crippen LogP contribution in [0, 0.1) is 0 Å². The van der Waals surface area contributed by atoms with Crippen LogP contribution in [-0.2, 0) is 19.7 Å². The van der Waals surface area contributed by atoms with Gasteiger partial charge in [-0.25, -0.2) is 0 Å². The smallest absolute Gasteiger partial charge is 0.305 e. The largest absolute Gasteiger partial charge is 0.466 e. The van der Waals surface area contributed by atoms with Crippen LogP contribution in [0.15, 0.2) is 28.7 Å². The van der Waals surface area contributed by atoms with Gasteiger partial charge in [0.05, 0.1) is 12.0 Å². The van der Waals surface area contributed by atoms with Crippen LogP contribution in [0.2, 0.25) is 0 Å². The second-order valence-electron chi connectivity index (χ2n) is 5.61. The average molecular weight is 368 g/mol. The number of halogens is 1. The Labute approximate surface area is 139 Å². The Hall–Kier alpha value is -1.36. The highest BCUT2D eigenvalue weighted by Gasteiger charge is 2.45. The summed E-state index contributed by atoms with van der Waals surface area (Å²) in [5, 5.41) is 2.98. The van der Waals surface area contributed by atoms with Crippen molar-refractivity contribution in [3.63, 3.8) is 0 Å².